The number of carbonyl (C=O) groups is 2. The van der Waals surface area contributed by atoms with Gasteiger partial charge in [0, 0.05) is 5.41 Å². The van der Waals surface area contributed by atoms with Crippen molar-refractivity contribution in [1.29, 1.82) is 0 Å². The minimum Gasteiger partial charge on any atom is -0.481 e. The number of hydrogen-bond donors (Lipinski definition) is 6. The quantitative estimate of drug-likeness (QED) is 0.188. The SMILES string of the molecule is CC1(C)CC[C@]2(C(=O)O)CC[C@]3(C)C(=CC[C@@H]4[C@@]5(C)CC[C@H](O[C@@H]6O[C@H](C(=O)O)[C@@H](O)[C@H](O)[C@H]6O)[C@](C)(CO)[C@H]5CC[C@]43C)[C@@H]2C1. The molecule has 6 N–H and O–H groups in total. The maximum Gasteiger partial charge on any atom is 0.335 e. The predicted molar refractivity (Wildman–Crippen MR) is 167 cm³/mol. The highest BCUT2D eigenvalue weighted by Gasteiger charge is 2.70. The molecule has 260 valence electrons. The molecule has 0 amide bonds. The van der Waals surface area contributed by atoms with E-state index in [4.69, 9.17) is 9.47 Å². The van der Waals surface area contributed by atoms with Crippen LogP contribution in [0.15, 0.2) is 11.6 Å². The molecule has 1 aliphatic heterocycles. The normalized spacial score (nSPS) is 53.1. The van der Waals surface area contributed by atoms with E-state index < -0.39 is 59.6 Å². The minimum atomic E-state index is -1.80. The first-order valence-corrected chi connectivity index (χ1v) is 17.4. The first-order chi connectivity index (χ1) is 21.3. The lowest BCUT2D eigenvalue weighted by molar-refractivity contribution is -0.327. The van der Waals surface area contributed by atoms with Crippen LogP contribution in [0, 0.1) is 50.2 Å². The van der Waals surface area contributed by atoms with E-state index in [-0.39, 0.29) is 40.1 Å². The molecule has 10 heteroatoms. The summed E-state index contributed by atoms with van der Waals surface area (Å²) in [5.41, 5.74) is -0.309. The van der Waals surface area contributed by atoms with E-state index in [9.17, 15) is 40.2 Å². The molecule has 0 aromatic rings. The average Bonchev–Trinajstić information content (AvgIpc) is 2.98. The Morgan fingerprint density at radius 1 is 0.870 bits per heavy atom. The Hall–Kier alpha value is -1.56. The Morgan fingerprint density at radius 3 is 2.17 bits per heavy atom. The Bertz CT molecular complexity index is 1280. The van der Waals surface area contributed by atoms with Crippen LogP contribution < -0.4 is 0 Å². The Labute approximate surface area is 272 Å². The summed E-state index contributed by atoms with van der Waals surface area (Å²) in [6, 6.07) is 0. The molecule has 10 nitrogen and oxygen atoms in total. The zero-order valence-corrected chi connectivity index (χ0v) is 28.4. The van der Waals surface area contributed by atoms with E-state index in [0.29, 0.717) is 18.8 Å². The predicted octanol–water partition coefficient (Wildman–Crippen LogP) is 4.12. The monoisotopic (exact) mass is 648 g/mol. The van der Waals surface area contributed by atoms with E-state index in [0.717, 1.165) is 51.4 Å². The number of aliphatic carboxylic acids is 2. The molecular weight excluding hydrogens is 592 g/mol. The number of aliphatic hydroxyl groups excluding tert-OH is 4. The average molecular weight is 649 g/mol. The van der Waals surface area contributed by atoms with Gasteiger partial charge in [0.1, 0.15) is 18.3 Å². The summed E-state index contributed by atoms with van der Waals surface area (Å²) in [6.45, 7) is 13.6. The number of carboxylic acids is 2. The molecule has 0 spiro atoms. The van der Waals surface area contributed by atoms with Crippen LogP contribution in [0.2, 0.25) is 0 Å². The van der Waals surface area contributed by atoms with Gasteiger partial charge >= 0.3 is 11.9 Å². The largest absolute Gasteiger partial charge is 0.481 e. The van der Waals surface area contributed by atoms with Gasteiger partial charge in [0.25, 0.3) is 0 Å². The van der Waals surface area contributed by atoms with Gasteiger partial charge in [-0.05, 0) is 104 Å². The molecule has 0 aromatic carbocycles. The van der Waals surface area contributed by atoms with Gasteiger partial charge in [-0.15, -0.1) is 0 Å². The molecule has 1 heterocycles. The molecule has 0 aromatic heterocycles. The lowest BCUT2D eigenvalue weighted by Gasteiger charge is -2.71. The minimum absolute atomic E-state index is 0.0352. The van der Waals surface area contributed by atoms with Crippen LogP contribution in [0.25, 0.3) is 0 Å². The van der Waals surface area contributed by atoms with Crippen molar-refractivity contribution in [3.05, 3.63) is 11.6 Å². The van der Waals surface area contributed by atoms with Crippen LogP contribution in [-0.4, -0.2) is 86.0 Å². The molecule has 4 saturated carbocycles. The lowest BCUT2D eigenvalue weighted by Crippen LogP contribution is -2.67. The zero-order chi connectivity index (χ0) is 33.8. The number of ether oxygens (including phenoxy) is 2. The van der Waals surface area contributed by atoms with Crippen molar-refractivity contribution in [2.45, 2.75) is 143 Å². The van der Waals surface area contributed by atoms with Crippen molar-refractivity contribution in [3.8, 4) is 0 Å². The fourth-order valence-electron chi connectivity index (χ4n) is 12.2. The first kappa shape index (κ1) is 34.3. The van der Waals surface area contributed by atoms with Crippen LogP contribution >= 0.6 is 0 Å². The molecule has 0 radical (unpaired) electrons. The fourth-order valence-corrected chi connectivity index (χ4v) is 12.2. The third-order valence-electron chi connectivity index (χ3n) is 15.3. The molecule has 0 unspecified atom stereocenters. The standard InChI is InChI=1S/C36H56O10/c1-31(2)13-15-36(30(43)44)16-14-34(5)19(20(36)17-31)7-8-22-32(3)11-10-23(33(4,18-37)21(32)9-12-35(22,34)6)45-29-26(40)24(38)25(39)27(46-29)28(41)42/h7,20-27,29,37-40H,8-18H2,1-6H3,(H,41,42)(H,43,44)/t20-,21-,22+,23-,24-,25-,26+,27-,29+,32-,33+,34+,35+,36-/m0/s1. The number of rotatable bonds is 5. The summed E-state index contributed by atoms with van der Waals surface area (Å²) in [5, 5.41) is 62.4. The Kier molecular flexibility index (Phi) is 8.18. The molecule has 1 saturated heterocycles. The van der Waals surface area contributed by atoms with Crippen LogP contribution in [0.3, 0.4) is 0 Å². The van der Waals surface area contributed by atoms with Crippen molar-refractivity contribution >= 4 is 11.9 Å². The van der Waals surface area contributed by atoms with Gasteiger partial charge in [0.05, 0.1) is 18.1 Å². The Morgan fingerprint density at radius 2 is 1.54 bits per heavy atom. The second kappa shape index (κ2) is 11.0. The van der Waals surface area contributed by atoms with Gasteiger partial charge in [-0.1, -0.05) is 53.2 Å². The maximum absolute atomic E-state index is 12.9. The smallest absolute Gasteiger partial charge is 0.335 e. The highest BCUT2D eigenvalue weighted by Crippen LogP contribution is 2.76. The first-order valence-electron chi connectivity index (χ1n) is 17.4. The van der Waals surface area contributed by atoms with Gasteiger partial charge < -0.3 is 40.1 Å². The number of aliphatic hydroxyl groups is 4. The summed E-state index contributed by atoms with van der Waals surface area (Å²) >= 11 is 0. The number of fused-ring (bicyclic) bond motifs is 7. The third-order valence-corrected chi connectivity index (χ3v) is 15.3. The second-order valence-corrected chi connectivity index (χ2v) is 17.7. The van der Waals surface area contributed by atoms with Gasteiger partial charge in [0.15, 0.2) is 12.4 Å². The van der Waals surface area contributed by atoms with E-state index in [2.05, 4.69) is 40.7 Å². The molecule has 14 atom stereocenters. The summed E-state index contributed by atoms with van der Waals surface area (Å²) < 4.78 is 11.8. The molecule has 6 aliphatic rings. The number of hydrogen-bond acceptors (Lipinski definition) is 8. The van der Waals surface area contributed by atoms with Crippen LogP contribution in [0.1, 0.15) is 106 Å². The van der Waals surface area contributed by atoms with E-state index in [1.54, 1.807) is 0 Å². The lowest BCUT2D eigenvalue weighted by atomic mass is 9.33. The van der Waals surface area contributed by atoms with Gasteiger partial charge in [-0.3, -0.25) is 4.79 Å². The summed E-state index contributed by atoms with van der Waals surface area (Å²) in [4.78, 5) is 24.7. The van der Waals surface area contributed by atoms with Crippen LogP contribution in [-0.2, 0) is 19.1 Å². The molecule has 0 bridgehead atoms. The van der Waals surface area contributed by atoms with Gasteiger partial charge in [0.2, 0.25) is 0 Å². The highest BCUT2D eigenvalue weighted by molar-refractivity contribution is 5.76. The van der Waals surface area contributed by atoms with Crippen molar-refractivity contribution < 1.29 is 49.7 Å². The Balaban J connectivity index is 1.31. The van der Waals surface area contributed by atoms with Gasteiger partial charge in [-0.25, -0.2) is 4.79 Å². The summed E-state index contributed by atoms with van der Waals surface area (Å²) in [6.07, 6.45) is 1.53. The van der Waals surface area contributed by atoms with E-state index >= 15 is 0 Å². The van der Waals surface area contributed by atoms with E-state index in [1.807, 2.05) is 6.92 Å². The zero-order valence-electron chi connectivity index (χ0n) is 28.4. The fraction of sp³-hybridized carbons (Fsp3) is 0.889. The van der Waals surface area contributed by atoms with Crippen LogP contribution in [0.5, 0.6) is 0 Å². The highest BCUT2D eigenvalue weighted by atomic mass is 16.7. The topological polar surface area (TPSA) is 174 Å². The van der Waals surface area contributed by atoms with Crippen molar-refractivity contribution in [2.75, 3.05) is 6.61 Å². The summed E-state index contributed by atoms with van der Waals surface area (Å²) in [5.74, 6) is -1.70. The van der Waals surface area contributed by atoms with E-state index in [1.165, 1.54) is 5.57 Å². The molecule has 5 fully saturated rings. The van der Waals surface area contributed by atoms with Crippen molar-refractivity contribution in [3.63, 3.8) is 0 Å². The van der Waals surface area contributed by atoms with Crippen LogP contribution in [0.4, 0.5) is 0 Å². The van der Waals surface area contributed by atoms with Crippen molar-refractivity contribution in [1.82, 2.24) is 0 Å². The van der Waals surface area contributed by atoms with Crippen molar-refractivity contribution in [2.24, 2.45) is 50.2 Å². The molecule has 6 rings (SSSR count). The third kappa shape index (κ3) is 4.56. The summed E-state index contributed by atoms with van der Waals surface area (Å²) in [7, 11) is 0. The van der Waals surface area contributed by atoms with Gasteiger partial charge in [-0.2, -0.15) is 0 Å². The second-order valence-electron chi connectivity index (χ2n) is 17.7. The molecular formula is C36H56O10. The molecule has 5 aliphatic carbocycles. The number of allylic oxidation sites excluding steroid dienone is 2. The number of carboxylic acid groups (broad SMARTS) is 2. The maximum atomic E-state index is 12.9. The molecule has 46 heavy (non-hydrogen) atoms.